The summed E-state index contributed by atoms with van der Waals surface area (Å²) in [5.74, 6) is 0.848. The highest BCUT2D eigenvalue weighted by atomic mass is 32.1. The first kappa shape index (κ1) is 23.2. The van der Waals surface area contributed by atoms with Gasteiger partial charge in [-0.15, -0.1) is 11.3 Å². The van der Waals surface area contributed by atoms with Crippen molar-refractivity contribution in [2.75, 3.05) is 0 Å². The number of furan rings is 2. The zero-order valence-electron chi connectivity index (χ0n) is 22.9. The third kappa shape index (κ3) is 3.17. The third-order valence-electron chi connectivity index (χ3n) is 8.89. The average Bonchev–Trinajstić information content (AvgIpc) is 3.76. The first-order chi connectivity index (χ1) is 21.3. The van der Waals surface area contributed by atoms with Crippen molar-refractivity contribution in [3.05, 3.63) is 133 Å². The van der Waals surface area contributed by atoms with Gasteiger partial charge in [-0.1, -0.05) is 97.1 Å². The lowest BCUT2D eigenvalue weighted by atomic mass is 9.86. The molecule has 0 N–H and O–H groups in total. The van der Waals surface area contributed by atoms with Crippen molar-refractivity contribution in [2.45, 2.75) is 0 Å². The molecule has 10 rings (SSSR count). The molecular formula is C40H22O2S. The first-order valence-electron chi connectivity index (χ1n) is 14.5. The maximum atomic E-state index is 6.68. The molecule has 0 aliphatic heterocycles. The van der Waals surface area contributed by atoms with E-state index in [1.807, 2.05) is 23.5 Å². The van der Waals surface area contributed by atoms with Gasteiger partial charge in [0.15, 0.2) is 0 Å². The summed E-state index contributed by atoms with van der Waals surface area (Å²) in [5.41, 5.74) is 6.23. The monoisotopic (exact) mass is 566 g/mol. The minimum Gasteiger partial charge on any atom is -0.456 e. The van der Waals surface area contributed by atoms with Crippen LogP contribution in [0.5, 0.6) is 0 Å². The van der Waals surface area contributed by atoms with Crippen molar-refractivity contribution in [1.29, 1.82) is 0 Å². The molecule has 3 aromatic heterocycles. The second-order valence-corrected chi connectivity index (χ2v) is 12.3. The summed E-state index contributed by atoms with van der Waals surface area (Å²) in [6.07, 6.45) is 0. The molecule has 0 spiro atoms. The molecule has 0 aliphatic carbocycles. The van der Waals surface area contributed by atoms with Crippen LogP contribution in [-0.2, 0) is 0 Å². The van der Waals surface area contributed by atoms with Crippen molar-refractivity contribution in [2.24, 2.45) is 0 Å². The van der Waals surface area contributed by atoms with Gasteiger partial charge in [0, 0.05) is 36.5 Å². The molecular weight excluding hydrogens is 545 g/mol. The van der Waals surface area contributed by atoms with Crippen LogP contribution in [0.1, 0.15) is 0 Å². The number of fused-ring (bicyclic) bond motifs is 10. The standard InChI is InChI=1S/C40H22O2S/c1-3-13-26-24(11-1)37(30-16-9-19-36-39(30)29-15-6-8-18-35(29)43-36)25-12-2-4-14-27(25)38(26)34-22-31-33(41-34)21-20-28-23-10-5-7-17-32(23)42-40(28)31/h1-22H. The molecule has 7 aromatic carbocycles. The third-order valence-corrected chi connectivity index (χ3v) is 10.0. The maximum absolute atomic E-state index is 6.68. The highest BCUT2D eigenvalue weighted by Crippen LogP contribution is 2.48. The molecule has 0 atom stereocenters. The Balaban J connectivity index is 1.33. The Kier molecular flexibility index (Phi) is 4.63. The largest absolute Gasteiger partial charge is 0.456 e. The van der Waals surface area contributed by atoms with E-state index in [4.69, 9.17) is 8.83 Å². The van der Waals surface area contributed by atoms with E-state index in [1.54, 1.807) is 0 Å². The van der Waals surface area contributed by atoms with Crippen LogP contribution in [0.2, 0.25) is 0 Å². The van der Waals surface area contributed by atoms with Crippen LogP contribution in [0.25, 0.3) is 97.1 Å². The fraction of sp³-hybridized carbons (Fsp3) is 0. The topological polar surface area (TPSA) is 26.3 Å². The van der Waals surface area contributed by atoms with Gasteiger partial charge in [0.05, 0.1) is 5.39 Å². The number of para-hydroxylation sites is 1. The first-order valence-corrected chi connectivity index (χ1v) is 15.3. The van der Waals surface area contributed by atoms with Crippen LogP contribution in [0, 0.1) is 0 Å². The molecule has 3 heterocycles. The van der Waals surface area contributed by atoms with Crippen molar-refractivity contribution in [1.82, 2.24) is 0 Å². The lowest BCUT2D eigenvalue weighted by Crippen LogP contribution is -1.90. The number of hydrogen-bond acceptors (Lipinski definition) is 3. The van der Waals surface area contributed by atoms with Crippen molar-refractivity contribution < 1.29 is 8.83 Å². The maximum Gasteiger partial charge on any atom is 0.146 e. The minimum atomic E-state index is 0.827. The zero-order valence-corrected chi connectivity index (χ0v) is 23.7. The van der Waals surface area contributed by atoms with Gasteiger partial charge in [-0.3, -0.25) is 0 Å². The van der Waals surface area contributed by atoms with Crippen LogP contribution >= 0.6 is 11.3 Å². The van der Waals surface area contributed by atoms with Gasteiger partial charge in [0.1, 0.15) is 22.5 Å². The van der Waals surface area contributed by atoms with E-state index in [2.05, 4.69) is 121 Å². The Labute approximate surface area is 250 Å². The van der Waals surface area contributed by atoms with Gasteiger partial charge in [0.2, 0.25) is 0 Å². The zero-order chi connectivity index (χ0) is 28.1. The molecule has 0 radical (unpaired) electrons. The Hall–Kier alpha value is -5.38. The molecule has 0 aliphatic rings. The predicted octanol–water partition coefficient (Wildman–Crippen LogP) is 12.3. The van der Waals surface area contributed by atoms with Gasteiger partial charge in [-0.25, -0.2) is 0 Å². The van der Waals surface area contributed by atoms with Crippen LogP contribution in [0.3, 0.4) is 0 Å². The number of hydrogen-bond donors (Lipinski definition) is 0. The van der Waals surface area contributed by atoms with Crippen molar-refractivity contribution in [3.8, 4) is 22.5 Å². The number of thiophene rings is 1. The molecule has 2 nitrogen and oxygen atoms in total. The summed E-state index contributed by atoms with van der Waals surface area (Å²) in [5, 5.41) is 10.6. The minimum absolute atomic E-state index is 0.827. The molecule has 0 saturated carbocycles. The highest BCUT2D eigenvalue weighted by Gasteiger charge is 2.22. The van der Waals surface area contributed by atoms with E-state index in [9.17, 15) is 0 Å². The van der Waals surface area contributed by atoms with Gasteiger partial charge < -0.3 is 8.83 Å². The van der Waals surface area contributed by atoms with Crippen molar-refractivity contribution in [3.63, 3.8) is 0 Å². The van der Waals surface area contributed by atoms with Gasteiger partial charge in [0.25, 0.3) is 0 Å². The Morgan fingerprint density at radius 3 is 1.77 bits per heavy atom. The molecule has 0 amide bonds. The quantitative estimate of drug-likeness (QED) is 0.195. The number of rotatable bonds is 2. The van der Waals surface area contributed by atoms with E-state index in [0.29, 0.717) is 0 Å². The SMILES string of the molecule is c1ccc2c(c1)oc1c3cc(-c4c5ccccc5c(-c5cccc6sc7ccccc7c56)c5ccccc45)oc3ccc21. The summed E-state index contributed by atoms with van der Waals surface area (Å²) in [4.78, 5) is 0. The molecule has 10 aromatic rings. The van der Waals surface area contributed by atoms with Gasteiger partial charge in [-0.2, -0.15) is 0 Å². The van der Waals surface area contributed by atoms with Crippen LogP contribution < -0.4 is 0 Å². The average molecular weight is 567 g/mol. The lowest BCUT2D eigenvalue weighted by molar-refractivity contribution is 0.632. The van der Waals surface area contributed by atoms with Crippen LogP contribution in [-0.4, -0.2) is 0 Å². The van der Waals surface area contributed by atoms with Crippen LogP contribution in [0.15, 0.2) is 142 Å². The predicted molar refractivity (Wildman–Crippen MR) is 182 cm³/mol. The van der Waals surface area contributed by atoms with E-state index >= 15 is 0 Å². The molecule has 0 bridgehead atoms. The Bertz CT molecular complexity index is 2680. The molecule has 0 saturated heterocycles. The molecule has 3 heteroatoms. The number of benzene rings is 7. The van der Waals surface area contributed by atoms with Gasteiger partial charge in [-0.05, 0) is 69.1 Å². The van der Waals surface area contributed by atoms with E-state index in [0.717, 1.165) is 44.2 Å². The second-order valence-electron chi connectivity index (χ2n) is 11.2. The molecule has 43 heavy (non-hydrogen) atoms. The summed E-state index contributed by atoms with van der Waals surface area (Å²) < 4.78 is 15.7. The fourth-order valence-electron chi connectivity index (χ4n) is 7.09. The highest BCUT2D eigenvalue weighted by molar-refractivity contribution is 7.25. The summed E-state index contributed by atoms with van der Waals surface area (Å²) in [7, 11) is 0. The summed E-state index contributed by atoms with van der Waals surface area (Å²) in [6.45, 7) is 0. The smallest absolute Gasteiger partial charge is 0.146 e. The summed E-state index contributed by atoms with van der Waals surface area (Å²) >= 11 is 1.86. The van der Waals surface area contributed by atoms with Crippen LogP contribution in [0.4, 0.5) is 0 Å². The lowest BCUT2D eigenvalue weighted by Gasteiger charge is -2.17. The van der Waals surface area contributed by atoms with E-state index in [1.165, 1.54) is 52.8 Å². The Morgan fingerprint density at radius 1 is 0.395 bits per heavy atom. The fourth-order valence-corrected chi connectivity index (χ4v) is 8.22. The van der Waals surface area contributed by atoms with Gasteiger partial charge >= 0.3 is 0 Å². The normalized spacial score (nSPS) is 12.2. The van der Waals surface area contributed by atoms with E-state index < -0.39 is 0 Å². The molecule has 200 valence electrons. The molecule has 0 unspecified atom stereocenters. The van der Waals surface area contributed by atoms with E-state index in [-0.39, 0.29) is 0 Å². The Morgan fingerprint density at radius 2 is 1.00 bits per heavy atom. The summed E-state index contributed by atoms with van der Waals surface area (Å²) in [6, 6.07) is 47.6. The van der Waals surface area contributed by atoms with Crippen molar-refractivity contribution >= 4 is 86.0 Å². The molecule has 0 fully saturated rings. The second kappa shape index (κ2) is 8.57.